The third kappa shape index (κ3) is 3.91. The van der Waals surface area contributed by atoms with Gasteiger partial charge in [-0.3, -0.25) is 9.59 Å². The van der Waals surface area contributed by atoms with Crippen LogP contribution in [0.25, 0.3) is 0 Å². The second-order valence-electron chi connectivity index (χ2n) is 4.70. The molecule has 0 N–H and O–H groups in total. The van der Waals surface area contributed by atoms with Crippen LogP contribution in [0, 0.1) is 5.92 Å². The monoisotopic (exact) mass is 303 g/mol. The van der Waals surface area contributed by atoms with E-state index in [1.807, 2.05) is 30.3 Å². The summed E-state index contributed by atoms with van der Waals surface area (Å²) in [5.74, 6) is -2.33. The first-order valence-electron chi connectivity index (χ1n) is 6.72. The maximum atomic E-state index is 11.6. The Balaban J connectivity index is 2.07. The molecule has 116 valence electrons. The molecule has 7 heteroatoms. The molecule has 0 spiro atoms. The molecular weight excluding hydrogens is 286 g/mol. The minimum atomic E-state index is -1.03. The van der Waals surface area contributed by atoms with Crippen LogP contribution in [0.3, 0.4) is 0 Å². The predicted octanol–water partition coefficient (Wildman–Crippen LogP) is 0.831. The van der Waals surface area contributed by atoms with E-state index in [9.17, 15) is 9.59 Å². The Morgan fingerprint density at radius 1 is 1.14 bits per heavy atom. The standard InChI is InChI=1S/C15H17N3O4/c1-21-14(19)13(15(20)22-2)8-12-10-18(17-16-12)9-11-6-4-3-5-7-11/h3-7,10,13H,8-9H2,1-2H3. The summed E-state index contributed by atoms with van der Waals surface area (Å²) in [6, 6.07) is 9.78. The molecule has 0 amide bonds. The van der Waals surface area contributed by atoms with Gasteiger partial charge in [-0.1, -0.05) is 35.5 Å². The Kier molecular flexibility index (Phi) is 5.24. The Hall–Kier alpha value is -2.70. The van der Waals surface area contributed by atoms with Gasteiger partial charge in [-0.2, -0.15) is 0 Å². The van der Waals surface area contributed by atoms with E-state index >= 15 is 0 Å². The molecule has 0 aliphatic rings. The minimum Gasteiger partial charge on any atom is -0.468 e. The summed E-state index contributed by atoms with van der Waals surface area (Å²) in [5.41, 5.74) is 1.60. The average molecular weight is 303 g/mol. The first-order chi connectivity index (χ1) is 10.6. The number of nitrogens with zero attached hydrogens (tertiary/aromatic N) is 3. The number of ether oxygens (including phenoxy) is 2. The lowest BCUT2D eigenvalue weighted by Gasteiger charge is -2.10. The second kappa shape index (κ2) is 7.35. The molecule has 7 nitrogen and oxygen atoms in total. The summed E-state index contributed by atoms with van der Waals surface area (Å²) in [6.07, 6.45) is 1.79. The summed E-state index contributed by atoms with van der Waals surface area (Å²) in [5, 5.41) is 7.98. The molecule has 0 aliphatic heterocycles. The van der Waals surface area contributed by atoms with Crippen molar-refractivity contribution in [1.29, 1.82) is 0 Å². The molecule has 0 saturated carbocycles. The molecule has 1 aromatic carbocycles. The first kappa shape index (κ1) is 15.7. The highest BCUT2D eigenvalue weighted by molar-refractivity contribution is 5.95. The molecule has 2 aromatic rings. The third-order valence-corrected chi connectivity index (χ3v) is 3.16. The number of hydrogen-bond donors (Lipinski definition) is 0. The van der Waals surface area contributed by atoms with Crippen LogP contribution in [-0.4, -0.2) is 41.2 Å². The van der Waals surface area contributed by atoms with Gasteiger partial charge in [0.1, 0.15) is 0 Å². The number of methoxy groups -OCH3 is 2. The normalized spacial score (nSPS) is 10.5. The van der Waals surface area contributed by atoms with Crippen LogP contribution in [0.5, 0.6) is 0 Å². The van der Waals surface area contributed by atoms with E-state index in [1.54, 1.807) is 10.9 Å². The number of carbonyl (C=O) groups is 2. The molecular formula is C15H17N3O4. The number of benzene rings is 1. The van der Waals surface area contributed by atoms with Gasteiger partial charge in [0.05, 0.1) is 26.5 Å². The molecule has 1 aromatic heterocycles. The van der Waals surface area contributed by atoms with E-state index in [0.29, 0.717) is 12.2 Å². The van der Waals surface area contributed by atoms with E-state index in [4.69, 9.17) is 0 Å². The molecule has 1 heterocycles. The predicted molar refractivity (Wildman–Crippen MR) is 76.8 cm³/mol. The van der Waals surface area contributed by atoms with Crippen molar-refractivity contribution >= 4 is 11.9 Å². The lowest BCUT2D eigenvalue weighted by atomic mass is 10.0. The van der Waals surface area contributed by atoms with Crippen LogP contribution in [-0.2, 0) is 32.0 Å². The van der Waals surface area contributed by atoms with Gasteiger partial charge in [-0.05, 0) is 5.56 Å². The van der Waals surface area contributed by atoms with Crippen LogP contribution >= 0.6 is 0 Å². The fraction of sp³-hybridized carbons (Fsp3) is 0.333. The van der Waals surface area contributed by atoms with Crippen molar-refractivity contribution in [2.45, 2.75) is 13.0 Å². The lowest BCUT2D eigenvalue weighted by molar-refractivity contribution is -0.158. The summed E-state index contributed by atoms with van der Waals surface area (Å²) < 4.78 is 10.9. The van der Waals surface area contributed by atoms with E-state index in [-0.39, 0.29) is 6.42 Å². The van der Waals surface area contributed by atoms with Gasteiger partial charge in [0.2, 0.25) is 0 Å². The fourth-order valence-corrected chi connectivity index (χ4v) is 2.04. The number of hydrogen-bond acceptors (Lipinski definition) is 6. The van der Waals surface area contributed by atoms with Crippen molar-refractivity contribution in [2.24, 2.45) is 5.92 Å². The zero-order valence-electron chi connectivity index (χ0n) is 12.4. The largest absolute Gasteiger partial charge is 0.468 e. The van der Waals surface area contributed by atoms with Gasteiger partial charge in [0, 0.05) is 12.6 Å². The van der Waals surface area contributed by atoms with Gasteiger partial charge in [-0.15, -0.1) is 5.10 Å². The summed E-state index contributed by atoms with van der Waals surface area (Å²) in [7, 11) is 2.45. The molecule has 0 bridgehead atoms. The van der Waals surface area contributed by atoms with Gasteiger partial charge >= 0.3 is 11.9 Å². The Morgan fingerprint density at radius 2 is 1.77 bits per heavy atom. The highest BCUT2D eigenvalue weighted by atomic mass is 16.5. The zero-order valence-corrected chi connectivity index (χ0v) is 12.4. The molecule has 0 atom stereocenters. The number of esters is 2. The van der Waals surface area contributed by atoms with Gasteiger partial charge in [-0.25, -0.2) is 4.68 Å². The van der Waals surface area contributed by atoms with Crippen molar-refractivity contribution in [3.05, 3.63) is 47.8 Å². The van der Waals surface area contributed by atoms with Gasteiger partial charge in [0.25, 0.3) is 0 Å². The molecule has 0 unspecified atom stereocenters. The fourth-order valence-electron chi connectivity index (χ4n) is 2.04. The van der Waals surface area contributed by atoms with E-state index in [2.05, 4.69) is 19.8 Å². The van der Waals surface area contributed by atoms with Crippen molar-refractivity contribution in [2.75, 3.05) is 14.2 Å². The highest BCUT2D eigenvalue weighted by Gasteiger charge is 2.29. The van der Waals surface area contributed by atoms with Crippen molar-refractivity contribution in [3.63, 3.8) is 0 Å². The van der Waals surface area contributed by atoms with E-state index in [1.165, 1.54) is 14.2 Å². The topological polar surface area (TPSA) is 83.3 Å². The van der Waals surface area contributed by atoms with E-state index in [0.717, 1.165) is 5.56 Å². The molecule has 0 fully saturated rings. The smallest absolute Gasteiger partial charge is 0.320 e. The SMILES string of the molecule is COC(=O)C(Cc1cn(Cc2ccccc2)nn1)C(=O)OC. The average Bonchev–Trinajstić information content (AvgIpc) is 2.99. The molecule has 0 radical (unpaired) electrons. The number of carbonyl (C=O) groups excluding carboxylic acids is 2. The summed E-state index contributed by atoms with van der Waals surface area (Å²) in [4.78, 5) is 23.3. The zero-order chi connectivity index (χ0) is 15.9. The maximum absolute atomic E-state index is 11.6. The Morgan fingerprint density at radius 3 is 2.36 bits per heavy atom. The molecule has 22 heavy (non-hydrogen) atoms. The quantitative estimate of drug-likeness (QED) is 0.580. The maximum Gasteiger partial charge on any atom is 0.320 e. The number of aromatic nitrogens is 3. The van der Waals surface area contributed by atoms with Gasteiger partial charge in [0.15, 0.2) is 5.92 Å². The molecule has 0 saturated heterocycles. The van der Waals surface area contributed by atoms with E-state index < -0.39 is 17.9 Å². The van der Waals surface area contributed by atoms with Crippen LogP contribution < -0.4 is 0 Å². The summed E-state index contributed by atoms with van der Waals surface area (Å²) in [6.45, 7) is 0.564. The lowest BCUT2D eigenvalue weighted by Crippen LogP contribution is -2.28. The Labute approximate surface area is 127 Å². The molecule has 0 aliphatic carbocycles. The van der Waals surface area contributed by atoms with Crippen LogP contribution in [0.1, 0.15) is 11.3 Å². The van der Waals surface area contributed by atoms with Gasteiger partial charge < -0.3 is 9.47 Å². The summed E-state index contributed by atoms with van der Waals surface area (Å²) >= 11 is 0. The van der Waals surface area contributed by atoms with Crippen LogP contribution in [0.2, 0.25) is 0 Å². The second-order valence-corrected chi connectivity index (χ2v) is 4.70. The third-order valence-electron chi connectivity index (χ3n) is 3.16. The minimum absolute atomic E-state index is 0.0914. The highest BCUT2D eigenvalue weighted by Crippen LogP contribution is 2.11. The van der Waals surface area contributed by atoms with Crippen molar-refractivity contribution < 1.29 is 19.1 Å². The molecule has 2 rings (SSSR count). The number of rotatable bonds is 6. The first-order valence-corrected chi connectivity index (χ1v) is 6.72. The van der Waals surface area contributed by atoms with Crippen LogP contribution in [0.15, 0.2) is 36.5 Å². The van der Waals surface area contributed by atoms with Crippen LogP contribution in [0.4, 0.5) is 0 Å². The van der Waals surface area contributed by atoms with Crippen molar-refractivity contribution in [3.8, 4) is 0 Å². The van der Waals surface area contributed by atoms with Crippen molar-refractivity contribution in [1.82, 2.24) is 15.0 Å². The Bertz CT molecular complexity index is 623.